The van der Waals surface area contributed by atoms with E-state index in [1.807, 2.05) is 12.1 Å². The quantitative estimate of drug-likeness (QED) is 0.274. The van der Waals surface area contributed by atoms with E-state index in [2.05, 4.69) is 19.7 Å². The highest BCUT2D eigenvalue weighted by Gasteiger charge is 2.33. The normalized spacial score (nSPS) is 11.6. The van der Waals surface area contributed by atoms with Crippen LogP contribution in [0.5, 0.6) is 0 Å². The summed E-state index contributed by atoms with van der Waals surface area (Å²) >= 11 is 8.23. The molecule has 0 saturated carbocycles. The van der Waals surface area contributed by atoms with Crippen molar-refractivity contribution in [3.63, 3.8) is 0 Å². The van der Waals surface area contributed by atoms with Gasteiger partial charge in [0.25, 0.3) is 0 Å². The Morgan fingerprint density at radius 2 is 1.84 bits per heavy atom. The van der Waals surface area contributed by atoms with E-state index in [0.29, 0.717) is 26.0 Å². The first kappa shape index (κ1) is 21.5. The molecule has 31 heavy (non-hydrogen) atoms. The van der Waals surface area contributed by atoms with Gasteiger partial charge < -0.3 is 5.32 Å². The molecule has 0 fully saturated rings. The van der Waals surface area contributed by atoms with Crippen LogP contribution in [0.1, 0.15) is 5.56 Å². The number of hydrogen-bond donors (Lipinski definition) is 1. The number of carbonyl (C=O) groups is 1. The molecule has 0 saturated heterocycles. The number of fused-ring (bicyclic) bond motifs is 1. The molecular weight excluding hydrogens is 469 g/mol. The Bertz CT molecular complexity index is 1250. The highest BCUT2D eigenvalue weighted by molar-refractivity contribution is 8.00. The predicted molar refractivity (Wildman–Crippen MR) is 116 cm³/mol. The van der Waals surface area contributed by atoms with Gasteiger partial charge in [-0.1, -0.05) is 47.6 Å². The Morgan fingerprint density at radius 3 is 2.58 bits per heavy atom. The van der Waals surface area contributed by atoms with E-state index in [-0.39, 0.29) is 11.4 Å². The second-order valence-electron chi connectivity index (χ2n) is 6.27. The van der Waals surface area contributed by atoms with Crippen LogP contribution in [0.15, 0.2) is 59.9 Å². The molecule has 2 heterocycles. The Morgan fingerprint density at radius 1 is 1.10 bits per heavy atom. The van der Waals surface area contributed by atoms with Crippen molar-refractivity contribution in [1.29, 1.82) is 0 Å². The summed E-state index contributed by atoms with van der Waals surface area (Å²) in [6.07, 6.45) is -3.19. The molecule has 0 bridgehead atoms. The minimum atomic E-state index is -4.56. The van der Waals surface area contributed by atoms with Gasteiger partial charge in [-0.2, -0.15) is 17.5 Å². The van der Waals surface area contributed by atoms with E-state index in [9.17, 15) is 18.0 Å². The highest BCUT2D eigenvalue weighted by atomic mass is 35.5. The van der Waals surface area contributed by atoms with Gasteiger partial charge in [-0.15, -0.1) is 0 Å². The molecule has 2 aromatic heterocycles. The van der Waals surface area contributed by atoms with E-state index >= 15 is 0 Å². The number of carbonyl (C=O) groups excluding carboxylic acids is 1. The fourth-order valence-corrected chi connectivity index (χ4v) is 4.65. The fraction of sp³-hybridized carbons (Fsp3) is 0.100. The number of amides is 1. The molecule has 1 amide bonds. The predicted octanol–water partition coefficient (Wildman–Crippen LogP) is 6.16. The number of halogens is 4. The van der Waals surface area contributed by atoms with Crippen molar-refractivity contribution in [1.82, 2.24) is 14.3 Å². The lowest BCUT2D eigenvalue weighted by Gasteiger charge is -2.13. The topological polar surface area (TPSA) is 67.8 Å². The summed E-state index contributed by atoms with van der Waals surface area (Å²) in [4.78, 5) is 20.8. The monoisotopic (exact) mass is 480 g/mol. The SMILES string of the molecule is O=C(CSc1ncnc2c(-c3ccc(Cl)cc3)nsc12)Nc1ccccc1C(F)(F)F. The third-order valence-electron chi connectivity index (χ3n) is 4.19. The summed E-state index contributed by atoms with van der Waals surface area (Å²) in [5.41, 5.74) is 0.966. The van der Waals surface area contributed by atoms with Gasteiger partial charge in [-0.25, -0.2) is 9.97 Å². The van der Waals surface area contributed by atoms with Gasteiger partial charge in [0, 0.05) is 10.6 Å². The van der Waals surface area contributed by atoms with Crippen LogP contribution in [-0.4, -0.2) is 26.0 Å². The first-order valence-electron chi connectivity index (χ1n) is 8.78. The van der Waals surface area contributed by atoms with E-state index in [4.69, 9.17) is 11.6 Å². The molecule has 1 N–H and O–H groups in total. The molecule has 158 valence electrons. The van der Waals surface area contributed by atoms with Crippen LogP contribution in [-0.2, 0) is 11.0 Å². The summed E-state index contributed by atoms with van der Waals surface area (Å²) in [6, 6.07) is 12.0. The molecule has 0 unspecified atom stereocenters. The number of alkyl halides is 3. The Labute approximate surface area is 187 Å². The van der Waals surface area contributed by atoms with Gasteiger partial charge in [0.15, 0.2) is 0 Å². The second-order valence-corrected chi connectivity index (χ2v) is 8.45. The van der Waals surface area contributed by atoms with Crippen molar-refractivity contribution in [2.24, 2.45) is 0 Å². The van der Waals surface area contributed by atoms with Gasteiger partial charge in [0.2, 0.25) is 5.91 Å². The van der Waals surface area contributed by atoms with E-state index in [1.165, 1.54) is 36.1 Å². The number of hydrogen-bond acceptors (Lipinski definition) is 6. The molecule has 2 aromatic carbocycles. The van der Waals surface area contributed by atoms with Crippen LogP contribution >= 0.6 is 34.9 Å². The average molecular weight is 481 g/mol. The molecular formula is C20H12ClF3N4OS2. The number of nitrogens with zero attached hydrogens (tertiary/aromatic N) is 3. The molecule has 0 spiro atoms. The average Bonchev–Trinajstić information content (AvgIpc) is 3.17. The number of para-hydroxylation sites is 1. The standard InChI is InChI=1S/C20H12ClF3N4OS2/c21-12-7-5-11(6-8-12)16-17-18(31-28-16)19(26-10-25-17)30-9-15(29)27-14-4-2-1-3-13(14)20(22,23)24/h1-8,10H,9H2,(H,27,29). The smallest absolute Gasteiger partial charge is 0.325 e. The fourth-order valence-electron chi connectivity index (χ4n) is 2.80. The number of nitrogens with one attached hydrogen (secondary N) is 1. The minimum Gasteiger partial charge on any atom is -0.325 e. The Hall–Kier alpha value is -2.69. The summed E-state index contributed by atoms with van der Waals surface area (Å²) in [5.74, 6) is -0.692. The summed E-state index contributed by atoms with van der Waals surface area (Å²) in [6.45, 7) is 0. The van der Waals surface area contributed by atoms with E-state index in [1.54, 1.807) is 12.1 Å². The third-order valence-corrected chi connectivity index (χ3v) is 6.40. The lowest BCUT2D eigenvalue weighted by molar-refractivity contribution is -0.137. The molecule has 4 aromatic rings. The van der Waals surface area contributed by atoms with Gasteiger partial charge in [0.05, 0.1) is 17.0 Å². The lowest BCUT2D eigenvalue weighted by Crippen LogP contribution is -2.18. The van der Waals surface area contributed by atoms with Crippen LogP contribution in [0.3, 0.4) is 0 Å². The molecule has 0 atom stereocenters. The zero-order chi connectivity index (χ0) is 22.0. The van der Waals surface area contributed by atoms with Crippen LogP contribution in [0, 0.1) is 0 Å². The lowest BCUT2D eigenvalue weighted by atomic mass is 10.1. The first-order chi connectivity index (χ1) is 14.8. The summed E-state index contributed by atoms with van der Waals surface area (Å²) < 4.78 is 44.4. The van der Waals surface area contributed by atoms with Crippen LogP contribution < -0.4 is 5.32 Å². The van der Waals surface area contributed by atoms with Crippen molar-refractivity contribution in [3.8, 4) is 11.3 Å². The minimum absolute atomic E-state index is 0.119. The number of benzene rings is 2. The van der Waals surface area contributed by atoms with Crippen molar-refractivity contribution in [3.05, 3.63) is 65.4 Å². The molecule has 0 aliphatic heterocycles. The van der Waals surface area contributed by atoms with E-state index in [0.717, 1.165) is 23.4 Å². The maximum atomic E-state index is 13.1. The zero-order valence-corrected chi connectivity index (χ0v) is 17.9. The largest absolute Gasteiger partial charge is 0.418 e. The van der Waals surface area contributed by atoms with Gasteiger partial charge in [-0.05, 0) is 35.8 Å². The van der Waals surface area contributed by atoms with E-state index < -0.39 is 17.6 Å². The molecule has 5 nitrogen and oxygen atoms in total. The molecule has 11 heteroatoms. The first-order valence-corrected chi connectivity index (χ1v) is 10.9. The Balaban J connectivity index is 1.51. The van der Waals surface area contributed by atoms with Crippen LogP contribution in [0.25, 0.3) is 21.5 Å². The second kappa shape index (κ2) is 8.81. The molecule has 4 rings (SSSR count). The van der Waals surface area contributed by atoms with Crippen molar-refractivity contribution in [2.75, 3.05) is 11.1 Å². The molecule has 0 aliphatic rings. The van der Waals surface area contributed by atoms with Crippen molar-refractivity contribution >= 4 is 56.7 Å². The number of thioether (sulfide) groups is 1. The summed E-state index contributed by atoms with van der Waals surface area (Å²) in [7, 11) is 0. The van der Waals surface area contributed by atoms with Crippen LogP contribution in [0.2, 0.25) is 5.02 Å². The number of anilines is 1. The Kier molecular flexibility index (Phi) is 6.12. The van der Waals surface area contributed by atoms with Crippen molar-refractivity contribution < 1.29 is 18.0 Å². The summed E-state index contributed by atoms with van der Waals surface area (Å²) in [5, 5.41) is 3.46. The molecule has 0 radical (unpaired) electrons. The maximum Gasteiger partial charge on any atom is 0.418 e. The number of aromatic nitrogens is 3. The highest BCUT2D eigenvalue weighted by Crippen LogP contribution is 2.36. The van der Waals surface area contributed by atoms with Crippen LogP contribution in [0.4, 0.5) is 18.9 Å². The maximum absolute atomic E-state index is 13.1. The molecule has 0 aliphatic carbocycles. The third kappa shape index (κ3) is 4.81. The zero-order valence-electron chi connectivity index (χ0n) is 15.5. The number of rotatable bonds is 5. The van der Waals surface area contributed by atoms with Crippen molar-refractivity contribution in [2.45, 2.75) is 11.2 Å². The van der Waals surface area contributed by atoms with Gasteiger partial charge in [-0.3, -0.25) is 4.79 Å². The van der Waals surface area contributed by atoms with Gasteiger partial charge in [0.1, 0.15) is 27.3 Å². The van der Waals surface area contributed by atoms with Gasteiger partial charge >= 0.3 is 6.18 Å².